The fraction of sp³-hybridized carbons (Fsp3) is 0.432. The Morgan fingerprint density at radius 1 is 0.804 bits per heavy atom. The Morgan fingerprint density at radius 2 is 1.46 bits per heavy atom. The number of carbonyl (C=O) groups is 3. The molecular formula is C37H52N6O3. The van der Waals surface area contributed by atoms with Crippen LogP contribution in [0.25, 0.3) is 0 Å². The fourth-order valence-corrected chi connectivity index (χ4v) is 5.76. The van der Waals surface area contributed by atoms with Crippen LogP contribution in [0.15, 0.2) is 84.6 Å². The number of likely N-dealkylation sites (N-methyl/N-ethyl adjacent to an activating group) is 1. The molecule has 0 bridgehead atoms. The molecule has 1 heterocycles. The number of para-hydroxylation sites is 2. The largest absolute Gasteiger partial charge is 0.388 e. The average molecular weight is 629 g/mol. The minimum absolute atomic E-state index is 0.00675. The molecule has 0 radical (unpaired) electrons. The lowest BCUT2D eigenvalue weighted by atomic mass is 9.80. The van der Waals surface area contributed by atoms with Crippen molar-refractivity contribution in [3.05, 3.63) is 95.7 Å². The molecule has 9 nitrogen and oxygen atoms in total. The van der Waals surface area contributed by atoms with Crippen LogP contribution in [0.3, 0.4) is 0 Å². The van der Waals surface area contributed by atoms with Crippen LogP contribution in [-0.2, 0) is 25.2 Å². The van der Waals surface area contributed by atoms with Crippen molar-refractivity contribution in [2.75, 3.05) is 57.0 Å². The summed E-state index contributed by atoms with van der Waals surface area (Å²) in [5, 5.41) is 13.9. The van der Waals surface area contributed by atoms with Crippen LogP contribution in [0, 0.1) is 0 Å². The van der Waals surface area contributed by atoms with Gasteiger partial charge in [0.25, 0.3) is 0 Å². The van der Waals surface area contributed by atoms with Gasteiger partial charge >= 0.3 is 0 Å². The predicted molar refractivity (Wildman–Crippen MR) is 189 cm³/mol. The van der Waals surface area contributed by atoms with E-state index in [9.17, 15) is 14.4 Å². The molecule has 1 aliphatic rings. The van der Waals surface area contributed by atoms with E-state index in [0.717, 1.165) is 25.8 Å². The molecule has 1 aliphatic heterocycles. The van der Waals surface area contributed by atoms with Crippen LogP contribution in [-0.4, -0.2) is 64.5 Å². The van der Waals surface area contributed by atoms with Crippen molar-refractivity contribution in [3.8, 4) is 0 Å². The maximum atomic E-state index is 12.2. The Balaban J connectivity index is 1.52. The number of amides is 3. The number of unbranched alkanes of at least 4 members (excludes halogenated alkanes) is 1. The Hall–Kier alpha value is -4.37. The highest BCUT2D eigenvalue weighted by atomic mass is 16.2. The van der Waals surface area contributed by atoms with Crippen molar-refractivity contribution in [2.45, 2.75) is 57.8 Å². The number of nitrogens with one attached hydrogen (secondary N) is 5. The van der Waals surface area contributed by atoms with Crippen molar-refractivity contribution >= 4 is 29.1 Å². The number of hydrogen-bond donors (Lipinski definition) is 5. The van der Waals surface area contributed by atoms with E-state index in [1.54, 1.807) is 7.05 Å². The lowest BCUT2D eigenvalue weighted by Crippen LogP contribution is -2.43. The van der Waals surface area contributed by atoms with E-state index in [4.69, 9.17) is 0 Å². The van der Waals surface area contributed by atoms with Crippen LogP contribution >= 0.6 is 0 Å². The summed E-state index contributed by atoms with van der Waals surface area (Å²) in [4.78, 5) is 37.9. The summed E-state index contributed by atoms with van der Waals surface area (Å²) in [5.41, 5.74) is 6.12. The fourth-order valence-electron chi connectivity index (χ4n) is 5.76. The maximum absolute atomic E-state index is 12.2. The first-order chi connectivity index (χ1) is 22.0. The SMILES string of the molecule is CNCC(=O)NCC(=O)NCC(=O)NCCCCN1/C(=C/C=C/C=C/CC(C)(C)c2ccccc2NC)C(C)(C)c2ccccc21. The van der Waals surface area contributed by atoms with Crippen LogP contribution in [0.4, 0.5) is 11.4 Å². The number of anilines is 2. The minimum Gasteiger partial charge on any atom is -0.388 e. The van der Waals surface area contributed by atoms with Crippen LogP contribution in [0.2, 0.25) is 0 Å². The van der Waals surface area contributed by atoms with E-state index < -0.39 is 5.91 Å². The number of allylic oxidation sites excluding steroid dienone is 6. The van der Waals surface area contributed by atoms with Crippen LogP contribution in [0.5, 0.6) is 0 Å². The van der Waals surface area contributed by atoms with Gasteiger partial charge in [0.15, 0.2) is 0 Å². The summed E-state index contributed by atoms with van der Waals surface area (Å²) >= 11 is 0. The van der Waals surface area contributed by atoms with E-state index in [2.05, 4.69) is 138 Å². The number of carbonyl (C=O) groups excluding carboxylic acids is 3. The molecule has 0 saturated heterocycles. The molecule has 0 fully saturated rings. The second kappa shape index (κ2) is 17.4. The zero-order valence-electron chi connectivity index (χ0n) is 28.3. The Bertz CT molecular complexity index is 1430. The maximum Gasteiger partial charge on any atom is 0.239 e. The normalized spacial score (nSPS) is 14.9. The number of hydrogen-bond acceptors (Lipinski definition) is 6. The number of benzene rings is 2. The van der Waals surface area contributed by atoms with Crippen molar-refractivity contribution in [1.29, 1.82) is 0 Å². The van der Waals surface area contributed by atoms with Gasteiger partial charge in [-0.25, -0.2) is 0 Å². The highest BCUT2D eigenvalue weighted by Crippen LogP contribution is 2.47. The Labute approximate surface area is 275 Å². The lowest BCUT2D eigenvalue weighted by Gasteiger charge is -2.27. The highest BCUT2D eigenvalue weighted by Gasteiger charge is 2.39. The quantitative estimate of drug-likeness (QED) is 0.130. The molecule has 2 aromatic carbocycles. The monoisotopic (exact) mass is 628 g/mol. The van der Waals surface area contributed by atoms with Crippen molar-refractivity contribution < 1.29 is 14.4 Å². The summed E-state index contributed by atoms with van der Waals surface area (Å²) in [7, 11) is 3.62. The molecule has 0 atom stereocenters. The molecule has 5 N–H and O–H groups in total. The average Bonchev–Trinajstić information content (AvgIpc) is 3.25. The van der Waals surface area contributed by atoms with E-state index in [0.29, 0.717) is 6.54 Å². The van der Waals surface area contributed by atoms with Gasteiger partial charge in [0, 0.05) is 42.6 Å². The van der Waals surface area contributed by atoms with Crippen LogP contribution in [0.1, 0.15) is 58.1 Å². The second-order valence-corrected chi connectivity index (χ2v) is 12.7. The molecule has 0 saturated carbocycles. The first-order valence-electron chi connectivity index (χ1n) is 16.1. The molecule has 0 aliphatic carbocycles. The van der Waals surface area contributed by atoms with E-state index in [1.807, 2.05) is 7.05 Å². The van der Waals surface area contributed by atoms with Gasteiger partial charge in [0.1, 0.15) is 0 Å². The van der Waals surface area contributed by atoms with Crippen molar-refractivity contribution in [1.82, 2.24) is 21.3 Å². The third-order valence-electron chi connectivity index (χ3n) is 8.33. The summed E-state index contributed by atoms with van der Waals surface area (Å²) in [6, 6.07) is 17.0. The topological polar surface area (TPSA) is 115 Å². The molecule has 9 heteroatoms. The predicted octanol–water partition coefficient (Wildman–Crippen LogP) is 4.54. The first-order valence-corrected chi connectivity index (χ1v) is 16.1. The lowest BCUT2D eigenvalue weighted by molar-refractivity contribution is -0.127. The third kappa shape index (κ3) is 10.1. The number of nitrogens with zero attached hydrogens (tertiary/aromatic N) is 1. The summed E-state index contributed by atoms with van der Waals surface area (Å²) in [5.74, 6) is -0.937. The number of rotatable bonds is 17. The zero-order chi connectivity index (χ0) is 33.6. The van der Waals surface area contributed by atoms with Gasteiger partial charge in [-0.3, -0.25) is 14.4 Å². The van der Waals surface area contributed by atoms with Gasteiger partial charge in [0.2, 0.25) is 17.7 Å². The smallest absolute Gasteiger partial charge is 0.239 e. The third-order valence-corrected chi connectivity index (χ3v) is 8.33. The molecule has 0 unspecified atom stereocenters. The van der Waals surface area contributed by atoms with Gasteiger partial charge in [0.05, 0.1) is 19.6 Å². The van der Waals surface area contributed by atoms with Gasteiger partial charge in [-0.05, 0) is 61.1 Å². The second-order valence-electron chi connectivity index (χ2n) is 12.7. The summed E-state index contributed by atoms with van der Waals surface area (Å²) < 4.78 is 0. The molecule has 46 heavy (non-hydrogen) atoms. The van der Waals surface area contributed by atoms with E-state index >= 15 is 0 Å². The van der Waals surface area contributed by atoms with Crippen LogP contribution < -0.4 is 31.5 Å². The molecule has 3 rings (SSSR count). The first kappa shape index (κ1) is 36.1. The standard InChI is InChI=1S/C37H52N6O3/c1-36(2,28-17-10-12-19-30(28)39-6)22-14-8-7-9-21-32-37(3,4)29-18-11-13-20-31(29)43(32)24-16-15-23-40-34(45)26-42-35(46)27-41-33(44)25-38-5/h7-14,17-21,38-39H,15-16,22-27H2,1-6H3,(H,40,45)(H,41,44)(H,42,46)/b9-7+,14-8+,32-21+. The van der Waals surface area contributed by atoms with Crippen molar-refractivity contribution in [3.63, 3.8) is 0 Å². The summed E-state index contributed by atoms with van der Waals surface area (Å²) in [6.45, 7) is 10.3. The molecule has 2 aromatic rings. The van der Waals surface area contributed by atoms with Gasteiger partial charge in [-0.15, -0.1) is 0 Å². The molecule has 3 amide bonds. The van der Waals surface area contributed by atoms with Gasteiger partial charge in [-0.2, -0.15) is 0 Å². The van der Waals surface area contributed by atoms with E-state index in [1.165, 1.54) is 28.2 Å². The van der Waals surface area contributed by atoms with E-state index in [-0.39, 0.29) is 42.3 Å². The Morgan fingerprint density at radius 3 is 2.17 bits per heavy atom. The summed E-state index contributed by atoms with van der Waals surface area (Å²) in [6.07, 6.45) is 13.4. The molecule has 248 valence electrons. The minimum atomic E-state index is -0.405. The zero-order valence-corrected chi connectivity index (χ0v) is 28.3. The molecule has 0 aromatic heterocycles. The Kier molecular flexibility index (Phi) is 13.6. The number of fused-ring (bicyclic) bond motifs is 1. The van der Waals surface area contributed by atoms with Gasteiger partial charge in [-0.1, -0.05) is 88.4 Å². The van der Waals surface area contributed by atoms with Gasteiger partial charge < -0.3 is 31.5 Å². The highest BCUT2D eigenvalue weighted by molar-refractivity contribution is 5.88. The molecule has 0 spiro atoms. The molecular weight excluding hydrogens is 576 g/mol. The van der Waals surface area contributed by atoms with Crippen molar-refractivity contribution in [2.24, 2.45) is 0 Å².